The van der Waals surface area contributed by atoms with Gasteiger partial charge in [0.05, 0.1) is 12.2 Å². The van der Waals surface area contributed by atoms with Crippen LogP contribution in [-0.4, -0.2) is 24.3 Å². The van der Waals surface area contributed by atoms with Crippen LogP contribution in [0.1, 0.15) is 69.4 Å². The molecule has 0 saturated heterocycles. The van der Waals surface area contributed by atoms with Crippen LogP contribution in [0.5, 0.6) is 0 Å². The van der Waals surface area contributed by atoms with E-state index in [2.05, 4.69) is 13.5 Å². The quantitative estimate of drug-likeness (QED) is 0.187. The van der Waals surface area contributed by atoms with Crippen molar-refractivity contribution in [1.82, 2.24) is 0 Å². The van der Waals surface area contributed by atoms with Crippen LogP contribution in [0.15, 0.2) is 66.7 Å². The Bertz CT molecular complexity index is 1330. The maximum Gasteiger partial charge on any atom is 0.333 e. The number of hydrogen-bond donors (Lipinski definition) is 1. The van der Waals surface area contributed by atoms with Crippen molar-refractivity contribution >= 4 is 5.97 Å². The van der Waals surface area contributed by atoms with E-state index in [0.29, 0.717) is 17.9 Å². The highest BCUT2D eigenvalue weighted by atomic mass is 19.1. The van der Waals surface area contributed by atoms with Crippen molar-refractivity contribution in [2.24, 2.45) is 11.8 Å². The second-order valence-corrected chi connectivity index (χ2v) is 11.4. The maximum absolute atomic E-state index is 15.2. The van der Waals surface area contributed by atoms with Gasteiger partial charge < -0.3 is 9.84 Å². The number of benzene rings is 3. The average Bonchev–Trinajstić information content (AvgIpc) is 2.96. The number of carbonyl (C=O) groups is 1. The summed E-state index contributed by atoms with van der Waals surface area (Å²) in [7, 11) is 0. The monoisotopic (exact) mass is 564 g/mol. The maximum atomic E-state index is 15.2. The molecule has 218 valence electrons. The molecule has 4 rings (SSSR count). The summed E-state index contributed by atoms with van der Waals surface area (Å²) in [4.78, 5) is 11.6. The normalized spacial score (nSPS) is 17.7. The van der Waals surface area contributed by atoms with Gasteiger partial charge in [-0.25, -0.2) is 18.0 Å². The predicted octanol–water partition coefficient (Wildman–Crippen LogP) is 8.78. The molecule has 0 aliphatic heterocycles. The molecular formula is C35H39F3O3. The Morgan fingerprint density at radius 2 is 1.61 bits per heavy atom. The lowest BCUT2D eigenvalue weighted by Gasteiger charge is -2.28. The van der Waals surface area contributed by atoms with Gasteiger partial charge in [0, 0.05) is 23.7 Å². The number of hydrogen-bond acceptors (Lipinski definition) is 3. The lowest BCUT2D eigenvalue weighted by Crippen LogP contribution is -2.19. The highest BCUT2D eigenvalue weighted by Crippen LogP contribution is 2.39. The first-order valence-electron chi connectivity index (χ1n) is 14.5. The largest absolute Gasteiger partial charge is 0.462 e. The zero-order valence-electron chi connectivity index (χ0n) is 23.9. The standard InChI is InChI=1S/C35H39F3O3/c1-4-5-23-6-10-26(11-7-23)28-14-15-30(31(36)17-28)29-18-32(37)34(33(38)19-29)27-12-8-24(9-13-27)16-25(20-39)21-41-35(40)22(2)3/h8-9,12-15,17-19,23,25-26,39H,2,4-7,10-11,16,20-21H2,1,3H3. The minimum atomic E-state index is -0.773. The second kappa shape index (κ2) is 14.0. The third-order valence-electron chi connectivity index (χ3n) is 8.19. The van der Waals surface area contributed by atoms with Gasteiger partial charge >= 0.3 is 5.97 Å². The molecule has 0 bridgehead atoms. The van der Waals surface area contributed by atoms with E-state index in [1.54, 1.807) is 37.3 Å². The van der Waals surface area contributed by atoms with Crippen molar-refractivity contribution in [1.29, 1.82) is 0 Å². The van der Waals surface area contributed by atoms with Crippen LogP contribution in [0, 0.1) is 29.3 Å². The Labute approximate surface area is 241 Å². The van der Waals surface area contributed by atoms with Crippen LogP contribution in [0.3, 0.4) is 0 Å². The molecular weight excluding hydrogens is 525 g/mol. The fraction of sp³-hybridized carbons (Fsp3) is 0.400. The summed E-state index contributed by atoms with van der Waals surface area (Å²) < 4.78 is 50.8. The van der Waals surface area contributed by atoms with Crippen LogP contribution >= 0.6 is 0 Å². The summed E-state index contributed by atoms with van der Waals surface area (Å²) in [6.45, 7) is 7.14. The molecule has 3 aromatic carbocycles. The highest BCUT2D eigenvalue weighted by molar-refractivity contribution is 5.86. The van der Waals surface area contributed by atoms with E-state index in [-0.39, 0.29) is 41.4 Å². The van der Waals surface area contributed by atoms with E-state index in [9.17, 15) is 9.90 Å². The molecule has 0 spiro atoms. The molecule has 1 aliphatic rings. The molecule has 6 heteroatoms. The van der Waals surface area contributed by atoms with Gasteiger partial charge in [-0.05, 0) is 91.3 Å². The van der Waals surface area contributed by atoms with Crippen molar-refractivity contribution in [3.05, 3.63) is 95.3 Å². The number of aliphatic hydroxyl groups excluding tert-OH is 1. The SMILES string of the molecule is C=C(C)C(=O)OCC(CO)Cc1ccc(-c2c(F)cc(-c3ccc(C4CCC(CCC)CC4)cc3F)cc2F)cc1. The number of halogens is 3. The van der Waals surface area contributed by atoms with Gasteiger partial charge in [-0.2, -0.15) is 0 Å². The molecule has 41 heavy (non-hydrogen) atoms. The van der Waals surface area contributed by atoms with E-state index in [1.165, 1.54) is 31.0 Å². The van der Waals surface area contributed by atoms with E-state index in [0.717, 1.165) is 42.7 Å². The molecule has 3 nitrogen and oxygen atoms in total. The number of aliphatic hydroxyl groups is 1. The van der Waals surface area contributed by atoms with Crippen molar-refractivity contribution < 1.29 is 27.8 Å². The van der Waals surface area contributed by atoms with E-state index < -0.39 is 23.4 Å². The lowest BCUT2D eigenvalue weighted by molar-refractivity contribution is -0.140. The minimum Gasteiger partial charge on any atom is -0.462 e. The average molecular weight is 565 g/mol. The van der Waals surface area contributed by atoms with Crippen molar-refractivity contribution in [2.75, 3.05) is 13.2 Å². The molecule has 1 aliphatic carbocycles. The number of rotatable bonds is 11. The molecule has 1 unspecified atom stereocenters. The van der Waals surface area contributed by atoms with Crippen LogP contribution in [0.4, 0.5) is 13.2 Å². The molecule has 0 amide bonds. The Balaban J connectivity index is 1.46. The molecule has 0 radical (unpaired) electrons. The van der Waals surface area contributed by atoms with Crippen LogP contribution in [0.2, 0.25) is 0 Å². The van der Waals surface area contributed by atoms with Gasteiger partial charge in [0.25, 0.3) is 0 Å². The van der Waals surface area contributed by atoms with Gasteiger partial charge in [-0.15, -0.1) is 0 Å². The summed E-state index contributed by atoms with van der Waals surface area (Å²) in [5, 5.41) is 9.65. The van der Waals surface area contributed by atoms with Gasteiger partial charge in [-0.3, -0.25) is 0 Å². The van der Waals surface area contributed by atoms with Crippen LogP contribution in [-0.2, 0) is 16.0 Å². The van der Waals surface area contributed by atoms with E-state index >= 15 is 13.2 Å². The second-order valence-electron chi connectivity index (χ2n) is 11.4. The van der Waals surface area contributed by atoms with Gasteiger partial charge in [0.1, 0.15) is 17.5 Å². The van der Waals surface area contributed by atoms with Crippen molar-refractivity contribution in [2.45, 2.75) is 64.7 Å². The Morgan fingerprint density at radius 3 is 2.17 bits per heavy atom. The van der Waals surface area contributed by atoms with Crippen molar-refractivity contribution in [3.8, 4) is 22.3 Å². The number of esters is 1. The number of ether oxygens (including phenoxy) is 1. The van der Waals surface area contributed by atoms with Crippen LogP contribution < -0.4 is 0 Å². The first-order valence-corrected chi connectivity index (χ1v) is 14.5. The molecule has 1 atom stereocenters. The molecule has 1 fully saturated rings. The molecule has 0 heterocycles. The molecule has 3 aromatic rings. The Hall–Kier alpha value is -3.38. The summed E-state index contributed by atoms with van der Waals surface area (Å²) in [5.41, 5.74) is 2.55. The Morgan fingerprint density at radius 1 is 0.951 bits per heavy atom. The fourth-order valence-electron chi connectivity index (χ4n) is 5.85. The van der Waals surface area contributed by atoms with Gasteiger partial charge in [0.2, 0.25) is 0 Å². The summed E-state index contributed by atoms with van der Waals surface area (Å²) >= 11 is 0. The molecule has 1 N–H and O–H groups in total. The highest BCUT2D eigenvalue weighted by Gasteiger charge is 2.23. The van der Waals surface area contributed by atoms with Crippen molar-refractivity contribution in [3.63, 3.8) is 0 Å². The summed E-state index contributed by atoms with van der Waals surface area (Å²) in [6, 6.07) is 14.1. The third kappa shape index (κ3) is 7.68. The Kier molecular flexibility index (Phi) is 10.4. The summed E-state index contributed by atoms with van der Waals surface area (Å²) in [5.74, 6) is -1.78. The molecule has 0 aromatic heterocycles. The number of carbonyl (C=O) groups excluding carboxylic acids is 1. The predicted molar refractivity (Wildman–Crippen MR) is 157 cm³/mol. The first kappa shape index (κ1) is 30.6. The molecule has 1 saturated carbocycles. The van der Waals surface area contributed by atoms with Gasteiger partial charge in [0.15, 0.2) is 0 Å². The van der Waals surface area contributed by atoms with E-state index in [4.69, 9.17) is 4.74 Å². The lowest BCUT2D eigenvalue weighted by atomic mass is 9.77. The van der Waals surface area contributed by atoms with E-state index in [1.807, 2.05) is 6.07 Å². The summed E-state index contributed by atoms with van der Waals surface area (Å²) in [6.07, 6.45) is 7.26. The smallest absolute Gasteiger partial charge is 0.333 e. The topological polar surface area (TPSA) is 46.5 Å². The third-order valence-corrected chi connectivity index (χ3v) is 8.19. The van der Waals surface area contributed by atoms with Crippen LogP contribution in [0.25, 0.3) is 22.3 Å². The first-order chi connectivity index (χ1) is 19.7. The van der Waals surface area contributed by atoms with Gasteiger partial charge in [-0.1, -0.05) is 62.7 Å². The fourth-order valence-corrected chi connectivity index (χ4v) is 5.85. The zero-order valence-corrected chi connectivity index (χ0v) is 23.9. The zero-order chi connectivity index (χ0) is 29.5. The minimum absolute atomic E-state index is 0.0340.